The van der Waals surface area contributed by atoms with Crippen LogP contribution in [0.3, 0.4) is 0 Å². The number of nitrogens with zero attached hydrogens (tertiary/aromatic N) is 1. The maximum Gasteiger partial charge on any atom is 0.246 e. The normalized spacial score (nSPS) is 21.5. The standard InChI is InChI=1S/C11H14Cl2N2O2S2/c1-7-6-15(2-3-18-7)19(16,17)11-9(12)4-8(14)5-10(11)13/h4-5,7H,2-3,6,14H2,1H3. The van der Waals surface area contributed by atoms with Gasteiger partial charge in [-0.05, 0) is 12.1 Å². The molecule has 0 aliphatic carbocycles. The van der Waals surface area contributed by atoms with E-state index in [0.29, 0.717) is 18.8 Å². The molecule has 1 aliphatic rings. The molecule has 0 radical (unpaired) electrons. The molecular weight excluding hydrogens is 327 g/mol. The Hall–Kier alpha value is -0.140. The van der Waals surface area contributed by atoms with E-state index in [-0.39, 0.29) is 20.2 Å². The highest BCUT2D eigenvalue weighted by molar-refractivity contribution is 8.00. The van der Waals surface area contributed by atoms with Crippen molar-refractivity contribution in [2.75, 3.05) is 24.6 Å². The molecule has 2 N–H and O–H groups in total. The van der Waals surface area contributed by atoms with Gasteiger partial charge < -0.3 is 5.73 Å². The van der Waals surface area contributed by atoms with Gasteiger partial charge in [0.25, 0.3) is 0 Å². The van der Waals surface area contributed by atoms with Gasteiger partial charge in [-0.1, -0.05) is 30.1 Å². The smallest absolute Gasteiger partial charge is 0.246 e. The van der Waals surface area contributed by atoms with E-state index < -0.39 is 10.0 Å². The van der Waals surface area contributed by atoms with Crippen molar-refractivity contribution in [2.24, 2.45) is 0 Å². The number of hydrogen-bond donors (Lipinski definition) is 1. The van der Waals surface area contributed by atoms with Gasteiger partial charge in [0.15, 0.2) is 0 Å². The SMILES string of the molecule is CC1CN(S(=O)(=O)c2c(Cl)cc(N)cc2Cl)CCS1. The summed E-state index contributed by atoms with van der Waals surface area (Å²) in [5.41, 5.74) is 5.94. The zero-order valence-electron chi connectivity index (χ0n) is 10.3. The first-order chi connectivity index (χ1) is 8.82. The van der Waals surface area contributed by atoms with Crippen molar-refractivity contribution in [1.29, 1.82) is 0 Å². The van der Waals surface area contributed by atoms with Crippen molar-refractivity contribution >= 4 is 50.7 Å². The second-order valence-corrected chi connectivity index (χ2v) is 8.59. The molecule has 0 aromatic heterocycles. The van der Waals surface area contributed by atoms with Gasteiger partial charge in [0.2, 0.25) is 10.0 Å². The quantitative estimate of drug-likeness (QED) is 0.840. The molecule has 0 spiro atoms. The van der Waals surface area contributed by atoms with Crippen molar-refractivity contribution in [3.05, 3.63) is 22.2 Å². The first kappa shape index (κ1) is 15.3. The van der Waals surface area contributed by atoms with E-state index in [0.717, 1.165) is 5.75 Å². The molecule has 106 valence electrons. The lowest BCUT2D eigenvalue weighted by atomic mass is 10.3. The second-order valence-electron chi connectivity index (χ2n) is 4.36. The fourth-order valence-corrected chi connectivity index (χ4v) is 5.89. The molecule has 1 atom stereocenters. The molecule has 8 heteroatoms. The van der Waals surface area contributed by atoms with Crippen LogP contribution in [0.1, 0.15) is 6.92 Å². The van der Waals surface area contributed by atoms with E-state index in [2.05, 4.69) is 0 Å². The van der Waals surface area contributed by atoms with Crippen LogP contribution < -0.4 is 5.73 Å². The van der Waals surface area contributed by atoms with Gasteiger partial charge in [-0.15, -0.1) is 0 Å². The highest BCUT2D eigenvalue weighted by Crippen LogP contribution is 2.35. The Bertz CT molecular complexity index is 569. The van der Waals surface area contributed by atoms with Crippen LogP contribution in [0.4, 0.5) is 5.69 Å². The van der Waals surface area contributed by atoms with E-state index in [4.69, 9.17) is 28.9 Å². The number of nitrogen functional groups attached to an aromatic ring is 1. The maximum atomic E-state index is 12.6. The molecule has 2 rings (SSSR count). The Kier molecular flexibility index (Phi) is 4.57. The van der Waals surface area contributed by atoms with Gasteiger partial charge in [0.05, 0.1) is 10.0 Å². The van der Waals surface area contributed by atoms with Crippen LogP contribution in [0.15, 0.2) is 17.0 Å². The summed E-state index contributed by atoms with van der Waals surface area (Å²) in [6.45, 7) is 2.93. The minimum absolute atomic E-state index is 0.0517. The molecule has 1 fully saturated rings. The monoisotopic (exact) mass is 340 g/mol. The van der Waals surface area contributed by atoms with E-state index in [1.54, 1.807) is 11.8 Å². The van der Waals surface area contributed by atoms with Gasteiger partial charge >= 0.3 is 0 Å². The molecule has 0 saturated carbocycles. The first-order valence-corrected chi connectivity index (χ1v) is 8.93. The predicted octanol–water partition coefficient (Wildman–Crippen LogP) is 2.70. The third-order valence-corrected chi connectivity index (χ3v) is 6.75. The Balaban J connectivity index is 2.45. The van der Waals surface area contributed by atoms with Crippen LogP contribution in [-0.2, 0) is 10.0 Å². The van der Waals surface area contributed by atoms with Crippen LogP contribution in [0.2, 0.25) is 10.0 Å². The van der Waals surface area contributed by atoms with E-state index in [1.807, 2.05) is 6.92 Å². The van der Waals surface area contributed by atoms with Crippen LogP contribution in [-0.4, -0.2) is 36.8 Å². The highest BCUT2D eigenvalue weighted by atomic mass is 35.5. The lowest BCUT2D eigenvalue weighted by Crippen LogP contribution is -2.41. The van der Waals surface area contributed by atoms with Gasteiger partial charge in [0, 0.05) is 29.8 Å². The number of sulfonamides is 1. The minimum atomic E-state index is -3.67. The number of halogens is 2. The van der Waals surface area contributed by atoms with E-state index in [9.17, 15) is 8.42 Å². The number of anilines is 1. The third kappa shape index (κ3) is 3.13. The number of thioether (sulfide) groups is 1. The van der Waals surface area contributed by atoms with Crippen molar-refractivity contribution in [3.63, 3.8) is 0 Å². The molecule has 4 nitrogen and oxygen atoms in total. The van der Waals surface area contributed by atoms with Crippen molar-refractivity contribution < 1.29 is 8.42 Å². The summed E-state index contributed by atoms with van der Waals surface area (Å²) in [5.74, 6) is 0.768. The molecular formula is C11H14Cl2N2O2S2. The molecule has 1 heterocycles. The number of nitrogens with two attached hydrogens (primary N) is 1. The molecule has 1 aliphatic heterocycles. The Morgan fingerprint density at radius 1 is 1.37 bits per heavy atom. The Morgan fingerprint density at radius 2 is 1.95 bits per heavy atom. The summed E-state index contributed by atoms with van der Waals surface area (Å²) >= 11 is 13.8. The molecule has 1 saturated heterocycles. The summed E-state index contributed by atoms with van der Waals surface area (Å²) in [5, 5.41) is 0.390. The largest absolute Gasteiger partial charge is 0.399 e. The lowest BCUT2D eigenvalue weighted by Gasteiger charge is -2.30. The van der Waals surface area contributed by atoms with Crippen LogP contribution in [0.5, 0.6) is 0 Å². The average molecular weight is 341 g/mol. The average Bonchev–Trinajstić information content (AvgIpc) is 2.26. The molecule has 19 heavy (non-hydrogen) atoms. The minimum Gasteiger partial charge on any atom is -0.399 e. The predicted molar refractivity (Wildman–Crippen MR) is 81.6 cm³/mol. The number of benzene rings is 1. The molecule has 0 amide bonds. The van der Waals surface area contributed by atoms with Crippen molar-refractivity contribution in [3.8, 4) is 0 Å². The zero-order chi connectivity index (χ0) is 14.2. The summed E-state index contributed by atoms with van der Waals surface area (Å²) in [4.78, 5) is -0.0517. The highest BCUT2D eigenvalue weighted by Gasteiger charge is 2.32. The van der Waals surface area contributed by atoms with Crippen LogP contribution >= 0.6 is 35.0 Å². The zero-order valence-corrected chi connectivity index (χ0v) is 13.4. The summed E-state index contributed by atoms with van der Waals surface area (Å²) in [6.07, 6.45) is 0. The van der Waals surface area contributed by atoms with E-state index >= 15 is 0 Å². The van der Waals surface area contributed by atoms with Crippen LogP contribution in [0, 0.1) is 0 Å². The Labute approximate surface area is 127 Å². The summed E-state index contributed by atoms with van der Waals surface area (Å²) in [7, 11) is -3.67. The van der Waals surface area contributed by atoms with Gasteiger partial charge in [-0.2, -0.15) is 16.1 Å². The summed E-state index contributed by atoms with van der Waals surface area (Å²) in [6, 6.07) is 2.81. The molecule has 1 aromatic rings. The maximum absolute atomic E-state index is 12.6. The van der Waals surface area contributed by atoms with E-state index in [1.165, 1.54) is 16.4 Å². The third-order valence-electron chi connectivity index (χ3n) is 2.82. The molecule has 1 aromatic carbocycles. The van der Waals surface area contributed by atoms with Crippen molar-refractivity contribution in [1.82, 2.24) is 4.31 Å². The van der Waals surface area contributed by atoms with Crippen molar-refractivity contribution in [2.45, 2.75) is 17.1 Å². The van der Waals surface area contributed by atoms with Gasteiger partial charge in [-0.25, -0.2) is 8.42 Å². The first-order valence-electron chi connectivity index (χ1n) is 5.68. The second kappa shape index (κ2) is 5.69. The lowest BCUT2D eigenvalue weighted by molar-refractivity contribution is 0.424. The number of hydrogen-bond acceptors (Lipinski definition) is 4. The molecule has 0 bridgehead atoms. The Morgan fingerprint density at radius 3 is 2.47 bits per heavy atom. The number of rotatable bonds is 2. The van der Waals surface area contributed by atoms with Gasteiger partial charge in [0.1, 0.15) is 4.90 Å². The van der Waals surface area contributed by atoms with Gasteiger partial charge in [-0.3, -0.25) is 0 Å². The van der Waals surface area contributed by atoms with Crippen LogP contribution in [0.25, 0.3) is 0 Å². The fraction of sp³-hybridized carbons (Fsp3) is 0.455. The molecule has 1 unspecified atom stereocenters. The topological polar surface area (TPSA) is 63.4 Å². The fourth-order valence-electron chi connectivity index (χ4n) is 1.96. The summed E-state index contributed by atoms with van der Waals surface area (Å²) < 4.78 is 26.6.